The summed E-state index contributed by atoms with van der Waals surface area (Å²) in [4.78, 5) is 4.81. The van der Waals surface area contributed by atoms with Crippen molar-refractivity contribution >= 4 is 110 Å². The highest BCUT2D eigenvalue weighted by Crippen LogP contribution is 2.52. The van der Waals surface area contributed by atoms with Gasteiger partial charge in [0.25, 0.3) is 0 Å². The Morgan fingerprint density at radius 2 is 0.887 bits per heavy atom. The van der Waals surface area contributed by atoms with Gasteiger partial charge in [-0.25, -0.2) is 0 Å². The van der Waals surface area contributed by atoms with E-state index in [9.17, 15) is 0 Å². The molecule has 0 bridgehead atoms. The van der Waals surface area contributed by atoms with Crippen LogP contribution in [0.1, 0.15) is 50.7 Å². The smallest absolute Gasteiger partial charge is 0.185 e. The molecule has 0 aliphatic carbocycles. The van der Waals surface area contributed by atoms with Gasteiger partial charge >= 0.3 is 0 Å². The molecule has 0 spiro atoms. The lowest BCUT2D eigenvalue weighted by Gasteiger charge is -2.31. The standard InChI is InChI=1S/C58H42N2O2/c1-35(2)47-33-51(59(37-17-7-5-8-18-37)49-25-15-23-43-39-21-11-13-27-53(39)61-57(43)49)45-32-30-42-48(36(3)4)34-52(46-31-29-41(47)55(45)56(42)46)60(38-19-9-6-10-20-38)50-26-16-24-44-40-22-12-14-28-54(40)62-58(44)50/h5-13,15-27,29-36H,1-4H3. The molecule has 2 aromatic heterocycles. The van der Waals surface area contributed by atoms with Crippen LogP contribution in [0, 0.1) is 12.1 Å². The fraction of sp³-hybridized carbons (Fsp3) is 0.103. The highest BCUT2D eigenvalue weighted by atomic mass is 16.3. The second kappa shape index (κ2) is 13.9. The van der Waals surface area contributed by atoms with Gasteiger partial charge < -0.3 is 18.6 Å². The number of anilines is 6. The molecule has 4 heteroatoms. The molecule has 0 radical (unpaired) electrons. The number of hydrogen-bond acceptors (Lipinski definition) is 4. The first-order valence-electron chi connectivity index (χ1n) is 21.6. The number of rotatable bonds is 8. The van der Waals surface area contributed by atoms with Gasteiger partial charge in [-0.1, -0.05) is 137 Å². The first kappa shape index (κ1) is 36.1. The first-order valence-corrected chi connectivity index (χ1v) is 21.6. The van der Waals surface area contributed by atoms with E-state index in [0.717, 1.165) is 72.4 Å². The molecule has 0 fully saturated rings. The highest BCUT2D eigenvalue weighted by molar-refractivity contribution is 6.30. The molecule has 0 saturated carbocycles. The van der Waals surface area contributed by atoms with Crippen LogP contribution in [0.5, 0.6) is 0 Å². The van der Waals surface area contributed by atoms with E-state index in [1.54, 1.807) is 0 Å². The van der Waals surface area contributed by atoms with Crippen molar-refractivity contribution in [3.63, 3.8) is 0 Å². The van der Waals surface area contributed by atoms with Gasteiger partial charge in [-0.05, 0) is 117 Å². The molecule has 0 aliphatic heterocycles. The quantitative estimate of drug-likeness (QED) is 0.143. The number of nitrogens with zero attached hydrogens (tertiary/aromatic N) is 2. The van der Waals surface area contributed by atoms with Gasteiger partial charge in [0, 0.05) is 43.7 Å². The van der Waals surface area contributed by atoms with Gasteiger partial charge in [-0.3, -0.25) is 0 Å². The summed E-state index contributed by atoms with van der Waals surface area (Å²) in [5.41, 5.74) is 12.2. The molecule has 0 N–H and O–H groups in total. The minimum Gasteiger partial charge on any atom is -0.454 e. The molecule has 0 saturated heterocycles. The van der Waals surface area contributed by atoms with Crippen molar-refractivity contribution in [3.05, 3.63) is 193 Å². The van der Waals surface area contributed by atoms with Crippen LogP contribution in [-0.4, -0.2) is 0 Å². The molecular formula is C58H42N2O2. The second-order valence-corrected chi connectivity index (χ2v) is 17.0. The van der Waals surface area contributed by atoms with Gasteiger partial charge in [0.05, 0.1) is 22.7 Å². The summed E-state index contributed by atoms with van der Waals surface area (Å²) in [6.45, 7) is 9.25. The summed E-state index contributed by atoms with van der Waals surface area (Å²) in [5.74, 6) is 0.501. The Morgan fingerprint density at radius 3 is 1.45 bits per heavy atom. The van der Waals surface area contributed by atoms with Gasteiger partial charge in [0.15, 0.2) is 16.7 Å². The Labute approximate surface area is 360 Å². The largest absolute Gasteiger partial charge is 0.454 e. The van der Waals surface area contributed by atoms with Crippen LogP contribution in [0.25, 0.3) is 76.2 Å². The van der Waals surface area contributed by atoms with Crippen molar-refractivity contribution < 1.29 is 8.83 Å². The average molecular weight is 799 g/mol. The van der Waals surface area contributed by atoms with Crippen LogP contribution in [0.2, 0.25) is 0 Å². The predicted molar refractivity (Wildman–Crippen MR) is 260 cm³/mol. The zero-order chi connectivity index (χ0) is 41.6. The zero-order valence-electron chi connectivity index (χ0n) is 35.0. The number of benzene rings is 9. The van der Waals surface area contributed by atoms with Crippen molar-refractivity contribution in [2.24, 2.45) is 0 Å². The molecule has 296 valence electrons. The van der Waals surface area contributed by atoms with Crippen molar-refractivity contribution in [1.82, 2.24) is 0 Å². The predicted octanol–water partition coefficient (Wildman–Crippen LogP) is 17.2. The van der Waals surface area contributed by atoms with Crippen LogP contribution < -0.4 is 9.80 Å². The summed E-state index contributed by atoms with van der Waals surface area (Å²) in [6, 6.07) is 67.4. The molecule has 0 unspecified atom stereocenters. The van der Waals surface area contributed by atoms with E-state index in [1.165, 1.54) is 43.4 Å². The molecule has 2 heterocycles. The third-order valence-electron chi connectivity index (χ3n) is 12.8. The lowest BCUT2D eigenvalue weighted by Crippen LogP contribution is -2.13. The van der Waals surface area contributed by atoms with Crippen molar-refractivity contribution in [2.45, 2.75) is 39.5 Å². The number of hydrogen-bond donors (Lipinski definition) is 0. The maximum atomic E-state index is 6.77. The Kier molecular flexibility index (Phi) is 8.11. The van der Waals surface area contributed by atoms with Gasteiger partial charge in [0.1, 0.15) is 5.58 Å². The minimum atomic E-state index is 0.249. The second-order valence-electron chi connectivity index (χ2n) is 17.0. The normalized spacial score (nSPS) is 12.0. The van der Waals surface area contributed by atoms with Crippen LogP contribution >= 0.6 is 0 Å². The van der Waals surface area contributed by atoms with Gasteiger partial charge in [0.2, 0.25) is 0 Å². The number of furan rings is 2. The average Bonchev–Trinajstić information content (AvgIpc) is 3.89. The van der Waals surface area contributed by atoms with E-state index in [0.29, 0.717) is 5.58 Å². The Balaban J connectivity index is 1.21. The van der Waals surface area contributed by atoms with E-state index < -0.39 is 0 Å². The summed E-state index contributed by atoms with van der Waals surface area (Å²) in [6.07, 6.45) is 0. The topological polar surface area (TPSA) is 32.8 Å². The third-order valence-corrected chi connectivity index (χ3v) is 12.8. The molecule has 0 aliphatic rings. The molecule has 12 aromatic rings. The summed E-state index contributed by atoms with van der Waals surface area (Å²) < 4.78 is 13.5. The fourth-order valence-electron chi connectivity index (χ4n) is 10.0. The van der Waals surface area contributed by atoms with E-state index in [-0.39, 0.29) is 11.8 Å². The molecule has 10 aromatic carbocycles. The van der Waals surface area contributed by atoms with Crippen LogP contribution in [0.3, 0.4) is 0 Å². The maximum absolute atomic E-state index is 6.77. The Morgan fingerprint density at radius 1 is 0.403 bits per heavy atom. The fourth-order valence-corrected chi connectivity index (χ4v) is 10.0. The van der Waals surface area contributed by atoms with E-state index in [4.69, 9.17) is 8.83 Å². The van der Waals surface area contributed by atoms with Crippen molar-refractivity contribution in [2.75, 3.05) is 9.80 Å². The summed E-state index contributed by atoms with van der Waals surface area (Å²) in [5, 5.41) is 11.7. The minimum absolute atomic E-state index is 0.249. The van der Waals surface area contributed by atoms with Crippen LogP contribution in [-0.2, 0) is 0 Å². The first-order chi connectivity index (χ1) is 30.4. The van der Waals surface area contributed by atoms with Crippen molar-refractivity contribution in [1.29, 1.82) is 0 Å². The maximum Gasteiger partial charge on any atom is 0.185 e. The summed E-state index contributed by atoms with van der Waals surface area (Å²) >= 11 is 0. The molecule has 0 amide bonds. The molecule has 4 nitrogen and oxygen atoms in total. The molecular weight excluding hydrogens is 757 g/mol. The van der Waals surface area contributed by atoms with E-state index in [1.807, 2.05) is 12.1 Å². The number of fused-ring (bicyclic) bond motifs is 6. The van der Waals surface area contributed by atoms with E-state index >= 15 is 0 Å². The Bertz CT molecular complexity index is 3410. The SMILES string of the molecule is CC(C)c1cc(N(c2ccccc2)c2cccc3c2oc2c#cccc23)c2ccc3c(C(C)C)cc(N(c4ccccc4)c4cccc5c4oc4ccccc45)c4ccc1c2c34. The number of para-hydroxylation sites is 5. The Hall–Kier alpha value is -7.74. The van der Waals surface area contributed by atoms with Gasteiger partial charge in [-0.2, -0.15) is 0 Å². The van der Waals surface area contributed by atoms with Crippen molar-refractivity contribution in [3.8, 4) is 0 Å². The lowest BCUT2D eigenvalue weighted by molar-refractivity contribution is 0.669. The van der Waals surface area contributed by atoms with Crippen LogP contribution in [0.4, 0.5) is 34.1 Å². The zero-order valence-corrected chi connectivity index (χ0v) is 35.0. The van der Waals surface area contributed by atoms with Crippen LogP contribution in [0.15, 0.2) is 179 Å². The monoisotopic (exact) mass is 798 g/mol. The highest BCUT2D eigenvalue weighted by Gasteiger charge is 2.28. The molecule has 12 rings (SSSR count). The molecule has 62 heavy (non-hydrogen) atoms. The van der Waals surface area contributed by atoms with E-state index in [2.05, 4.69) is 207 Å². The van der Waals surface area contributed by atoms with Gasteiger partial charge in [-0.15, -0.1) is 0 Å². The third kappa shape index (κ3) is 5.35. The molecule has 0 atom stereocenters. The lowest BCUT2D eigenvalue weighted by atomic mass is 9.84. The summed E-state index contributed by atoms with van der Waals surface area (Å²) in [7, 11) is 0.